The van der Waals surface area contributed by atoms with Crippen LogP contribution in [0, 0.1) is 0 Å². The molecule has 3 N–H and O–H groups in total. The first-order valence-corrected chi connectivity index (χ1v) is 10.1. The fraction of sp³-hybridized carbons (Fsp3) is 0.391. The van der Waals surface area contributed by atoms with Crippen molar-refractivity contribution in [2.45, 2.75) is 31.6 Å². The topological polar surface area (TPSA) is 74.8 Å². The van der Waals surface area contributed by atoms with Crippen molar-refractivity contribution in [1.82, 2.24) is 10.6 Å². The molecule has 0 atom stereocenters. The molecular formula is C23H30N4O2. The van der Waals surface area contributed by atoms with Crippen molar-refractivity contribution in [1.29, 1.82) is 0 Å². The number of amides is 1. The Hall–Kier alpha value is -3.02. The molecule has 2 aromatic carbocycles. The number of carbonyl (C=O) groups excluding carboxylic acids is 1. The van der Waals surface area contributed by atoms with E-state index in [4.69, 9.17) is 4.74 Å². The summed E-state index contributed by atoms with van der Waals surface area (Å²) in [6, 6.07) is 18.1. The average Bonchev–Trinajstić information content (AvgIpc) is 2.69. The van der Waals surface area contributed by atoms with Crippen molar-refractivity contribution < 1.29 is 9.53 Å². The van der Waals surface area contributed by atoms with Gasteiger partial charge in [-0.3, -0.25) is 9.79 Å². The molecule has 6 nitrogen and oxygen atoms in total. The summed E-state index contributed by atoms with van der Waals surface area (Å²) in [7, 11) is 1.78. The maximum Gasteiger partial charge on any atom is 0.221 e. The standard InChI is InChI=1S/C23H30N4O2/c1-18(28)27-20-10-6-11-21(16-20)29-15-14-25-22(24-2)26-17-23(12-7-13-23)19-8-4-3-5-9-19/h3-6,8-11,16H,7,12-15,17H2,1-2H3,(H,27,28)(H2,24,25,26). The van der Waals surface area contributed by atoms with Crippen LogP contribution < -0.4 is 20.7 Å². The van der Waals surface area contributed by atoms with Crippen LogP contribution in [0.4, 0.5) is 5.69 Å². The molecule has 0 aliphatic heterocycles. The molecule has 0 bridgehead atoms. The molecule has 0 heterocycles. The maximum atomic E-state index is 11.2. The number of carbonyl (C=O) groups is 1. The molecule has 6 heteroatoms. The lowest BCUT2D eigenvalue weighted by molar-refractivity contribution is -0.114. The highest BCUT2D eigenvalue weighted by atomic mass is 16.5. The number of hydrogen-bond donors (Lipinski definition) is 3. The van der Waals surface area contributed by atoms with E-state index < -0.39 is 0 Å². The second kappa shape index (κ2) is 9.96. The van der Waals surface area contributed by atoms with Gasteiger partial charge < -0.3 is 20.7 Å². The van der Waals surface area contributed by atoms with E-state index in [1.165, 1.54) is 31.7 Å². The summed E-state index contributed by atoms with van der Waals surface area (Å²) in [4.78, 5) is 15.5. The fourth-order valence-electron chi connectivity index (χ4n) is 3.64. The molecule has 1 aliphatic rings. The molecule has 1 aliphatic carbocycles. The quantitative estimate of drug-likeness (QED) is 0.365. The van der Waals surface area contributed by atoms with Gasteiger partial charge in [0.05, 0.1) is 6.54 Å². The van der Waals surface area contributed by atoms with E-state index in [1.54, 1.807) is 7.05 Å². The van der Waals surface area contributed by atoms with Gasteiger partial charge >= 0.3 is 0 Å². The van der Waals surface area contributed by atoms with Crippen molar-refractivity contribution in [3.8, 4) is 5.75 Å². The van der Waals surface area contributed by atoms with E-state index in [1.807, 2.05) is 24.3 Å². The van der Waals surface area contributed by atoms with Gasteiger partial charge in [0.2, 0.25) is 5.91 Å². The zero-order chi connectivity index (χ0) is 20.5. The monoisotopic (exact) mass is 394 g/mol. The zero-order valence-corrected chi connectivity index (χ0v) is 17.2. The first kappa shape index (κ1) is 20.7. The SMILES string of the molecule is CN=C(NCCOc1cccc(NC(C)=O)c1)NCC1(c2ccccc2)CCC1. The highest BCUT2D eigenvalue weighted by Gasteiger charge is 2.38. The lowest BCUT2D eigenvalue weighted by Gasteiger charge is -2.43. The molecule has 0 saturated heterocycles. The molecule has 0 spiro atoms. The molecule has 1 fully saturated rings. The second-order valence-electron chi connectivity index (χ2n) is 7.41. The van der Waals surface area contributed by atoms with Crippen molar-refractivity contribution in [3.63, 3.8) is 0 Å². The summed E-state index contributed by atoms with van der Waals surface area (Å²) >= 11 is 0. The zero-order valence-electron chi connectivity index (χ0n) is 17.2. The summed E-state index contributed by atoms with van der Waals surface area (Å²) in [6.07, 6.45) is 3.68. The lowest BCUT2D eigenvalue weighted by atomic mass is 9.64. The lowest BCUT2D eigenvalue weighted by Crippen LogP contribution is -2.49. The normalized spacial score (nSPS) is 15.2. The van der Waals surface area contributed by atoms with E-state index in [0.29, 0.717) is 13.2 Å². The van der Waals surface area contributed by atoms with Gasteiger partial charge in [0.15, 0.2) is 5.96 Å². The first-order chi connectivity index (χ1) is 14.1. The average molecular weight is 395 g/mol. The number of ether oxygens (including phenoxy) is 1. The van der Waals surface area contributed by atoms with Crippen molar-refractivity contribution >= 4 is 17.6 Å². The maximum absolute atomic E-state index is 11.2. The molecule has 29 heavy (non-hydrogen) atoms. The van der Waals surface area contributed by atoms with Crippen LogP contribution in [-0.4, -0.2) is 38.6 Å². The predicted molar refractivity (Wildman–Crippen MR) is 118 cm³/mol. The van der Waals surface area contributed by atoms with Crippen LogP contribution in [0.2, 0.25) is 0 Å². The summed E-state index contributed by atoms with van der Waals surface area (Å²) in [5.74, 6) is 1.40. The van der Waals surface area contributed by atoms with Crippen molar-refractivity contribution in [2.24, 2.45) is 4.99 Å². The third-order valence-electron chi connectivity index (χ3n) is 5.33. The van der Waals surface area contributed by atoms with Gasteiger partial charge in [-0.05, 0) is 30.5 Å². The Morgan fingerprint density at radius 2 is 1.90 bits per heavy atom. The Kier molecular flexibility index (Phi) is 7.11. The molecule has 0 unspecified atom stereocenters. The molecule has 3 rings (SSSR count). The molecule has 154 valence electrons. The smallest absolute Gasteiger partial charge is 0.221 e. The predicted octanol–water partition coefficient (Wildman–Crippen LogP) is 3.31. The van der Waals surface area contributed by atoms with Crippen LogP contribution in [0.3, 0.4) is 0 Å². The van der Waals surface area contributed by atoms with Crippen LogP contribution in [0.5, 0.6) is 5.75 Å². The summed E-state index contributed by atoms with van der Waals surface area (Å²) < 4.78 is 5.77. The highest BCUT2D eigenvalue weighted by molar-refractivity contribution is 5.88. The Bertz CT molecular complexity index is 832. The molecule has 0 radical (unpaired) electrons. The van der Waals surface area contributed by atoms with Gasteiger partial charge in [-0.15, -0.1) is 0 Å². The van der Waals surface area contributed by atoms with E-state index in [2.05, 4.69) is 51.3 Å². The Labute approximate surface area is 172 Å². The number of guanidine groups is 1. The molecule has 0 aromatic heterocycles. The minimum atomic E-state index is -0.0987. The van der Waals surface area contributed by atoms with Gasteiger partial charge in [0.1, 0.15) is 12.4 Å². The van der Waals surface area contributed by atoms with Crippen molar-refractivity contribution in [2.75, 3.05) is 32.1 Å². The largest absolute Gasteiger partial charge is 0.492 e. The van der Waals surface area contributed by atoms with E-state index >= 15 is 0 Å². The summed E-state index contributed by atoms with van der Waals surface area (Å²) in [5, 5.41) is 9.53. The van der Waals surface area contributed by atoms with Gasteiger partial charge in [-0.25, -0.2) is 0 Å². The van der Waals surface area contributed by atoms with Crippen LogP contribution in [0.1, 0.15) is 31.7 Å². The molecular weight excluding hydrogens is 364 g/mol. The van der Waals surface area contributed by atoms with E-state index in [-0.39, 0.29) is 11.3 Å². The van der Waals surface area contributed by atoms with Crippen LogP contribution in [0.15, 0.2) is 59.6 Å². The Morgan fingerprint density at radius 1 is 1.10 bits per heavy atom. The van der Waals surface area contributed by atoms with Crippen LogP contribution in [0.25, 0.3) is 0 Å². The number of anilines is 1. The van der Waals surface area contributed by atoms with Gasteiger partial charge in [-0.1, -0.05) is 42.8 Å². The van der Waals surface area contributed by atoms with E-state index in [0.717, 1.165) is 23.9 Å². The van der Waals surface area contributed by atoms with Gasteiger partial charge in [0.25, 0.3) is 0 Å². The summed E-state index contributed by atoms with van der Waals surface area (Å²) in [5.41, 5.74) is 2.34. The van der Waals surface area contributed by atoms with E-state index in [9.17, 15) is 4.79 Å². The second-order valence-corrected chi connectivity index (χ2v) is 7.41. The summed E-state index contributed by atoms with van der Waals surface area (Å²) in [6.45, 7) is 3.48. The first-order valence-electron chi connectivity index (χ1n) is 10.1. The third-order valence-corrected chi connectivity index (χ3v) is 5.33. The highest BCUT2D eigenvalue weighted by Crippen LogP contribution is 2.43. The molecule has 2 aromatic rings. The third kappa shape index (κ3) is 5.73. The minimum Gasteiger partial charge on any atom is -0.492 e. The number of nitrogens with zero attached hydrogens (tertiary/aromatic N) is 1. The number of hydrogen-bond acceptors (Lipinski definition) is 3. The molecule has 1 saturated carbocycles. The van der Waals surface area contributed by atoms with Crippen molar-refractivity contribution in [3.05, 3.63) is 60.2 Å². The number of benzene rings is 2. The fourth-order valence-corrected chi connectivity index (χ4v) is 3.64. The number of aliphatic imine (C=N–C) groups is 1. The number of rotatable bonds is 8. The number of nitrogens with one attached hydrogen (secondary N) is 3. The van der Waals surface area contributed by atoms with Gasteiger partial charge in [-0.2, -0.15) is 0 Å². The Morgan fingerprint density at radius 3 is 2.55 bits per heavy atom. The minimum absolute atomic E-state index is 0.0987. The molecule has 1 amide bonds. The van der Waals surface area contributed by atoms with Crippen LogP contribution in [-0.2, 0) is 10.2 Å². The van der Waals surface area contributed by atoms with Gasteiger partial charge in [0, 0.05) is 37.7 Å². The van der Waals surface area contributed by atoms with Crippen LogP contribution >= 0.6 is 0 Å². The Balaban J connectivity index is 1.44.